The number of nitrogens with one attached hydrogen (secondary N) is 1. The van der Waals surface area contributed by atoms with Gasteiger partial charge in [-0.3, -0.25) is 0 Å². The monoisotopic (exact) mass is 295 g/mol. The Bertz CT molecular complexity index is 723. The van der Waals surface area contributed by atoms with Crippen molar-refractivity contribution in [2.45, 2.75) is 6.42 Å². The van der Waals surface area contributed by atoms with Crippen LogP contribution in [0.2, 0.25) is 5.02 Å². The van der Waals surface area contributed by atoms with Gasteiger partial charge in [-0.15, -0.1) is 5.43 Å². The van der Waals surface area contributed by atoms with Gasteiger partial charge in [0, 0.05) is 11.6 Å². The molecule has 3 rings (SSSR count). The number of fused-ring (bicyclic) bond motifs is 1. The van der Waals surface area contributed by atoms with Crippen LogP contribution in [0.25, 0.3) is 10.8 Å². The van der Waals surface area contributed by atoms with Gasteiger partial charge in [0.25, 0.3) is 0 Å². The van der Waals surface area contributed by atoms with Crippen LogP contribution in [0.3, 0.4) is 0 Å². The van der Waals surface area contributed by atoms with Crippen molar-refractivity contribution in [2.75, 3.05) is 12.0 Å². The van der Waals surface area contributed by atoms with E-state index in [2.05, 4.69) is 35.1 Å². The molecule has 3 aromatic rings. The van der Waals surface area contributed by atoms with Crippen LogP contribution in [0, 0.1) is 0 Å². The summed E-state index contributed by atoms with van der Waals surface area (Å²) in [7, 11) is 0. The SMILES string of the molecule is Clc1ccc(CC[N]Nc2ccc3ccccc3c2)cc1. The van der Waals surface area contributed by atoms with Crippen molar-refractivity contribution in [3.05, 3.63) is 77.3 Å². The lowest BCUT2D eigenvalue weighted by Gasteiger charge is -2.07. The number of hydrogen-bond acceptors (Lipinski definition) is 1. The van der Waals surface area contributed by atoms with E-state index in [9.17, 15) is 0 Å². The zero-order valence-corrected chi connectivity index (χ0v) is 12.3. The maximum atomic E-state index is 5.86. The summed E-state index contributed by atoms with van der Waals surface area (Å²) in [5.41, 5.74) is 9.76. The van der Waals surface area contributed by atoms with Crippen LogP contribution in [-0.4, -0.2) is 6.54 Å². The summed E-state index contributed by atoms with van der Waals surface area (Å²) >= 11 is 5.86. The Morgan fingerprint density at radius 3 is 2.43 bits per heavy atom. The maximum Gasteiger partial charge on any atom is 0.0510 e. The fraction of sp³-hybridized carbons (Fsp3) is 0.111. The molecule has 1 radical (unpaired) electrons. The average molecular weight is 296 g/mol. The highest BCUT2D eigenvalue weighted by Crippen LogP contribution is 2.18. The zero-order chi connectivity index (χ0) is 14.5. The molecular formula is C18H16ClN2. The largest absolute Gasteiger partial charge is 0.304 e. The number of nitrogens with zero attached hydrogens (tertiary/aromatic N) is 1. The van der Waals surface area contributed by atoms with E-state index in [1.165, 1.54) is 16.3 Å². The fourth-order valence-electron chi connectivity index (χ4n) is 2.24. The lowest BCUT2D eigenvalue weighted by molar-refractivity contribution is 0.764. The van der Waals surface area contributed by atoms with E-state index in [4.69, 9.17) is 11.6 Å². The molecule has 0 aliphatic heterocycles. The van der Waals surface area contributed by atoms with Crippen LogP contribution in [0.15, 0.2) is 66.7 Å². The summed E-state index contributed by atoms with van der Waals surface area (Å²) in [6.07, 6.45) is 0.901. The minimum atomic E-state index is 0.731. The second-order valence-electron chi connectivity index (χ2n) is 4.93. The van der Waals surface area contributed by atoms with Gasteiger partial charge < -0.3 is 5.43 Å². The summed E-state index contributed by atoms with van der Waals surface area (Å²) in [5, 5.41) is 3.23. The van der Waals surface area contributed by atoms with Crippen LogP contribution in [0.4, 0.5) is 5.69 Å². The molecule has 1 N–H and O–H groups in total. The van der Waals surface area contributed by atoms with Gasteiger partial charge in [-0.1, -0.05) is 54.1 Å². The molecule has 2 nitrogen and oxygen atoms in total. The topological polar surface area (TPSA) is 26.1 Å². The molecule has 3 aromatic carbocycles. The van der Waals surface area contributed by atoms with E-state index in [-0.39, 0.29) is 0 Å². The van der Waals surface area contributed by atoms with E-state index in [0.717, 1.165) is 23.7 Å². The van der Waals surface area contributed by atoms with Crippen molar-refractivity contribution in [1.82, 2.24) is 5.43 Å². The molecule has 0 amide bonds. The van der Waals surface area contributed by atoms with Crippen molar-refractivity contribution < 1.29 is 0 Å². The normalized spacial score (nSPS) is 10.7. The Labute approximate surface area is 129 Å². The molecule has 0 saturated carbocycles. The fourth-order valence-corrected chi connectivity index (χ4v) is 2.37. The molecule has 0 fully saturated rings. The Morgan fingerprint density at radius 1 is 0.857 bits per heavy atom. The van der Waals surface area contributed by atoms with E-state index < -0.39 is 0 Å². The molecule has 0 bridgehead atoms. The van der Waals surface area contributed by atoms with Crippen molar-refractivity contribution in [2.24, 2.45) is 0 Å². The van der Waals surface area contributed by atoms with Crippen LogP contribution in [0.1, 0.15) is 5.56 Å². The van der Waals surface area contributed by atoms with Gasteiger partial charge in [-0.25, -0.2) is 0 Å². The Balaban J connectivity index is 1.53. The maximum absolute atomic E-state index is 5.86. The highest BCUT2D eigenvalue weighted by atomic mass is 35.5. The smallest absolute Gasteiger partial charge is 0.0510 e. The van der Waals surface area contributed by atoms with Crippen molar-refractivity contribution >= 4 is 28.1 Å². The number of hydrogen-bond donors (Lipinski definition) is 1. The van der Waals surface area contributed by atoms with Crippen LogP contribution >= 0.6 is 11.6 Å². The van der Waals surface area contributed by atoms with E-state index in [1.807, 2.05) is 42.5 Å². The Morgan fingerprint density at radius 2 is 1.62 bits per heavy atom. The summed E-state index contributed by atoms with van der Waals surface area (Å²) in [5.74, 6) is 0. The summed E-state index contributed by atoms with van der Waals surface area (Å²) in [4.78, 5) is 0. The zero-order valence-electron chi connectivity index (χ0n) is 11.6. The van der Waals surface area contributed by atoms with E-state index in [0.29, 0.717) is 0 Å². The lowest BCUT2D eigenvalue weighted by atomic mass is 10.1. The number of halogens is 1. The first-order valence-electron chi connectivity index (χ1n) is 6.97. The summed E-state index contributed by atoms with van der Waals surface area (Å²) in [6.45, 7) is 0.731. The molecular weight excluding hydrogens is 280 g/mol. The predicted molar refractivity (Wildman–Crippen MR) is 89.7 cm³/mol. The number of rotatable bonds is 5. The first-order chi connectivity index (χ1) is 10.3. The molecule has 105 valence electrons. The van der Waals surface area contributed by atoms with E-state index >= 15 is 0 Å². The minimum absolute atomic E-state index is 0.731. The molecule has 0 aliphatic carbocycles. The Kier molecular flexibility index (Phi) is 4.39. The third kappa shape index (κ3) is 3.75. The number of anilines is 1. The molecule has 3 heteroatoms. The van der Waals surface area contributed by atoms with E-state index in [1.54, 1.807) is 0 Å². The quantitative estimate of drug-likeness (QED) is 0.537. The third-order valence-electron chi connectivity index (χ3n) is 3.38. The lowest BCUT2D eigenvalue weighted by Crippen LogP contribution is -2.16. The first kappa shape index (κ1) is 13.9. The van der Waals surface area contributed by atoms with Gasteiger partial charge in [0.05, 0.1) is 5.69 Å². The van der Waals surface area contributed by atoms with Crippen molar-refractivity contribution in [1.29, 1.82) is 0 Å². The number of benzene rings is 3. The Hall–Kier alpha value is -2.03. The molecule has 0 aliphatic rings. The molecule has 0 unspecified atom stereocenters. The molecule has 0 heterocycles. The van der Waals surface area contributed by atoms with Gasteiger partial charge >= 0.3 is 0 Å². The summed E-state index contributed by atoms with van der Waals surface area (Å²) in [6, 6.07) is 22.5. The van der Waals surface area contributed by atoms with Crippen molar-refractivity contribution in [3.63, 3.8) is 0 Å². The van der Waals surface area contributed by atoms with Gasteiger partial charge in [-0.05, 0) is 47.0 Å². The standard InChI is InChI=1S/C18H16ClN2/c19-17-8-5-14(6-9-17)11-12-20-21-18-10-7-15-3-1-2-4-16(15)13-18/h1-10,13,21H,11-12H2. The molecule has 0 spiro atoms. The summed E-state index contributed by atoms with van der Waals surface area (Å²) < 4.78 is 0. The molecule has 0 atom stereocenters. The second kappa shape index (κ2) is 6.61. The van der Waals surface area contributed by atoms with Gasteiger partial charge in [0.15, 0.2) is 0 Å². The van der Waals surface area contributed by atoms with Crippen LogP contribution < -0.4 is 10.9 Å². The van der Waals surface area contributed by atoms with Crippen molar-refractivity contribution in [3.8, 4) is 0 Å². The molecule has 21 heavy (non-hydrogen) atoms. The second-order valence-corrected chi connectivity index (χ2v) is 5.37. The molecule has 0 aromatic heterocycles. The van der Waals surface area contributed by atoms with Crippen LogP contribution in [-0.2, 0) is 6.42 Å². The highest BCUT2D eigenvalue weighted by molar-refractivity contribution is 6.30. The van der Waals surface area contributed by atoms with Gasteiger partial charge in [0.2, 0.25) is 0 Å². The van der Waals surface area contributed by atoms with Crippen LogP contribution in [0.5, 0.6) is 0 Å². The average Bonchev–Trinajstić information content (AvgIpc) is 2.53. The minimum Gasteiger partial charge on any atom is -0.304 e. The van der Waals surface area contributed by atoms with Gasteiger partial charge in [-0.2, -0.15) is 0 Å². The predicted octanol–water partition coefficient (Wildman–Crippen LogP) is 4.67. The van der Waals surface area contributed by atoms with Gasteiger partial charge in [0.1, 0.15) is 0 Å². The first-order valence-corrected chi connectivity index (χ1v) is 7.35. The highest BCUT2D eigenvalue weighted by Gasteiger charge is 1.97. The molecule has 0 saturated heterocycles. The third-order valence-corrected chi connectivity index (χ3v) is 3.64.